The highest BCUT2D eigenvalue weighted by Gasteiger charge is 2.39. The maximum Gasteiger partial charge on any atom is 0.500 e. The fourth-order valence-electron chi connectivity index (χ4n) is 7.17. The van der Waals surface area contributed by atoms with Gasteiger partial charge in [-0.1, -0.05) is 75.2 Å². The summed E-state index contributed by atoms with van der Waals surface area (Å²) in [7, 11) is -2.83. The fraction of sp³-hybridized carbons (Fsp3) is 0.449. The zero-order valence-corrected chi connectivity index (χ0v) is 38.9. The van der Waals surface area contributed by atoms with Gasteiger partial charge in [-0.3, -0.25) is 0 Å². The van der Waals surface area contributed by atoms with Gasteiger partial charge in [0.2, 0.25) is 0 Å². The molecule has 0 saturated carbocycles. The molecule has 2 unspecified atom stereocenters. The predicted octanol–water partition coefficient (Wildman–Crippen LogP) is 9.73. The molecule has 64 heavy (non-hydrogen) atoms. The Morgan fingerprint density at radius 2 is 0.859 bits per heavy atom. The topological polar surface area (TPSA) is 164 Å². The molecule has 4 aromatic carbocycles. The number of epoxide rings is 1. The van der Waals surface area contributed by atoms with E-state index < -0.39 is 27.1 Å². The summed E-state index contributed by atoms with van der Waals surface area (Å²) in [6.07, 6.45) is 2.74. The first-order valence-corrected chi connectivity index (χ1v) is 24.6. The van der Waals surface area contributed by atoms with Crippen LogP contribution in [0.25, 0.3) is 0 Å². The molecule has 1 saturated heterocycles. The second kappa shape index (κ2) is 26.4. The lowest BCUT2D eigenvalue weighted by molar-refractivity contribution is 0.0707. The van der Waals surface area contributed by atoms with Crippen molar-refractivity contribution < 1.29 is 51.3 Å². The highest BCUT2D eigenvalue weighted by Crippen LogP contribution is 2.44. The molecular formula is C49H65N3O11Si. The summed E-state index contributed by atoms with van der Waals surface area (Å²) < 4.78 is 46.1. The van der Waals surface area contributed by atoms with Crippen LogP contribution in [0.5, 0.6) is 23.0 Å². The Balaban J connectivity index is 1.42. The summed E-state index contributed by atoms with van der Waals surface area (Å²) in [5.41, 5.74) is 3.80. The Labute approximate surface area is 379 Å². The third-order valence-electron chi connectivity index (χ3n) is 10.4. The van der Waals surface area contributed by atoms with E-state index in [4.69, 9.17) is 37.0 Å². The Bertz CT molecular complexity index is 1910. The minimum absolute atomic E-state index is 0.116. The van der Waals surface area contributed by atoms with Crippen LogP contribution in [-0.2, 0) is 18.0 Å². The number of nitrogens with one attached hydrogen (secondary N) is 3. The van der Waals surface area contributed by atoms with E-state index in [2.05, 4.69) is 41.9 Å². The van der Waals surface area contributed by atoms with Crippen LogP contribution in [0, 0.1) is 0 Å². The molecule has 5 rings (SSSR count). The van der Waals surface area contributed by atoms with Crippen molar-refractivity contribution in [3.63, 3.8) is 0 Å². The van der Waals surface area contributed by atoms with E-state index in [1.54, 1.807) is 36.4 Å². The Kier molecular flexibility index (Phi) is 20.4. The van der Waals surface area contributed by atoms with Gasteiger partial charge in [-0.15, -0.1) is 0 Å². The van der Waals surface area contributed by atoms with Crippen molar-refractivity contribution >= 4 is 27.1 Å². The number of carbonyl (C=O) groups is 3. The molecule has 1 fully saturated rings. The van der Waals surface area contributed by atoms with E-state index in [1.165, 1.54) is 0 Å². The zero-order valence-electron chi connectivity index (χ0n) is 37.9. The van der Waals surface area contributed by atoms with Crippen molar-refractivity contribution in [1.29, 1.82) is 0 Å². The normalized spacial score (nSPS) is 13.8. The summed E-state index contributed by atoms with van der Waals surface area (Å²) >= 11 is 0. The molecule has 0 aromatic heterocycles. The lowest BCUT2D eigenvalue weighted by Crippen LogP contribution is -2.46. The minimum atomic E-state index is -2.83. The largest absolute Gasteiger partial charge is 0.500 e. The van der Waals surface area contributed by atoms with Crippen LogP contribution in [0.2, 0.25) is 6.04 Å². The molecule has 0 radical (unpaired) electrons. The minimum Gasteiger partial charge on any atom is -0.491 e. The van der Waals surface area contributed by atoms with E-state index in [9.17, 15) is 14.4 Å². The van der Waals surface area contributed by atoms with Crippen molar-refractivity contribution in [2.45, 2.75) is 90.7 Å². The molecule has 14 nitrogen and oxygen atoms in total. The Morgan fingerprint density at radius 1 is 0.531 bits per heavy atom. The molecule has 346 valence electrons. The van der Waals surface area contributed by atoms with Gasteiger partial charge in [-0.2, -0.15) is 0 Å². The van der Waals surface area contributed by atoms with Crippen LogP contribution in [0.1, 0.15) is 101 Å². The molecule has 3 N–H and O–H groups in total. The van der Waals surface area contributed by atoms with Gasteiger partial charge in [0.25, 0.3) is 0 Å². The van der Waals surface area contributed by atoms with E-state index in [1.807, 2.05) is 69.3 Å². The maximum absolute atomic E-state index is 13.0. The van der Waals surface area contributed by atoms with Gasteiger partial charge in [0.15, 0.2) is 0 Å². The van der Waals surface area contributed by atoms with Gasteiger partial charge in [-0.05, 0) is 111 Å². The predicted molar refractivity (Wildman–Crippen MR) is 247 cm³/mol. The number of rotatable bonds is 27. The first-order valence-electron chi connectivity index (χ1n) is 22.6. The summed E-state index contributed by atoms with van der Waals surface area (Å²) in [5.74, 6) is 1.33. The van der Waals surface area contributed by atoms with Crippen LogP contribution in [-0.4, -0.2) is 85.9 Å². The lowest BCUT2D eigenvalue weighted by atomic mass is 9.73. The van der Waals surface area contributed by atoms with Gasteiger partial charge in [0, 0.05) is 57.3 Å². The molecule has 3 amide bonds. The number of hydrogen-bond acceptors (Lipinski definition) is 11. The molecule has 1 heterocycles. The highest BCUT2D eigenvalue weighted by molar-refractivity contribution is 6.60. The van der Waals surface area contributed by atoms with Gasteiger partial charge in [-0.25, -0.2) is 14.4 Å². The third kappa shape index (κ3) is 16.0. The molecule has 1 aliphatic heterocycles. The Morgan fingerprint density at radius 3 is 1.17 bits per heavy atom. The summed E-state index contributed by atoms with van der Waals surface area (Å²) in [5, 5.41) is 8.43. The third-order valence-corrected chi connectivity index (χ3v) is 13.5. The smallest absolute Gasteiger partial charge is 0.491 e. The summed E-state index contributed by atoms with van der Waals surface area (Å²) in [6.45, 7) is 13.9. The first-order chi connectivity index (χ1) is 31.2. The molecule has 4 aromatic rings. The van der Waals surface area contributed by atoms with Crippen molar-refractivity contribution in [2.24, 2.45) is 0 Å². The first kappa shape index (κ1) is 49.6. The van der Waals surface area contributed by atoms with Crippen LogP contribution >= 0.6 is 0 Å². The Hall–Kier alpha value is -5.45. The molecule has 2 atom stereocenters. The monoisotopic (exact) mass is 899 g/mol. The van der Waals surface area contributed by atoms with Crippen LogP contribution in [0.15, 0.2) is 97.1 Å². The number of hydrogen-bond donors (Lipinski definition) is 3. The van der Waals surface area contributed by atoms with Crippen molar-refractivity contribution in [3.05, 3.63) is 119 Å². The van der Waals surface area contributed by atoms with Crippen molar-refractivity contribution in [2.75, 3.05) is 52.7 Å². The van der Waals surface area contributed by atoms with E-state index in [0.717, 1.165) is 53.7 Å². The molecular weight excluding hydrogens is 835 g/mol. The van der Waals surface area contributed by atoms with Gasteiger partial charge >= 0.3 is 27.1 Å². The number of carbonyl (C=O) groups excluding carboxylic acids is 3. The van der Waals surface area contributed by atoms with Gasteiger partial charge in [0.05, 0.1) is 6.61 Å². The summed E-state index contributed by atoms with van der Waals surface area (Å²) in [6, 6.07) is 31.0. The van der Waals surface area contributed by atoms with E-state index in [0.29, 0.717) is 82.4 Å². The lowest BCUT2D eigenvalue weighted by Gasteiger charge is -2.30. The standard InChI is InChI=1S/C49H65N3O11Si/c1-6-11-30-50-47(53)61-41-24-18-38(19-25-41)46(39-20-26-42(27-21-39)62-48(54)51-31-12-7-2)45(36-14-22-40(23-15-36)56-34-44-35-57-44)37-16-28-43(29-17-37)63-49(55)52-32-13-33-64(58-8-3,59-9-4)60-10-5/h14-29,44-46H,6-13,30-35H2,1-5H3,(H,50,53)(H,51,54)(H,52,55). The molecule has 0 spiro atoms. The average Bonchev–Trinajstić information content (AvgIpc) is 4.13. The van der Waals surface area contributed by atoms with E-state index in [-0.39, 0.29) is 17.9 Å². The molecule has 0 aliphatic carbocycles. The van der Waals surface area contributed by atoms with Crippen molar-refractivity contribution in [1.82, 2.24) is 16.0 Å². The van der Waals surface area contributed by atoms with Crippen LogP contribution < -0.4 is 34.9 Å². The second-order valence-electron chi connectivity index (χ2n) is 15.2. The fourth-order valence-corrected chi connectivity index (χ4v) is 9.78. The number of benzene rings is 4. The van der Waals surface area contributed by atoms with Crippen molar-refractivity contribution in [3.8, 4) is 23.0 Å². The maximum atomic E-state index is 13.0. The molecule has 15 heteroatoms. The highest BCUT2D eigenvalue weighted by atomic mass is 28.4. The number of amides is 3. The van der Waals surface area contributed by atoms with Gasteiger partial charge in [0.1, 0.15) is 35.7 Å². The SMILES string of the molecule is CCCCNC(=O)Oc1ccc(C(c2ccc(OC(=O)NCCCC)cc2)C(c2ccc(OCC3CO3)cc2)c2ccc(OC(=O)NCCC[Si](OCC)(OCC)OCC)cc2)cc1. The van der Waals surface area contributed by atoms with Gasteiger partial charge < -0.3 is 52.9 Å². The molecule has 1 aliphatic rings. The quantitative estimate of drug-likeness (QED) is 0.0297. The zero-order chi connectivity index (χ0) is 45.6. The molecule has 0 bridgehead atoms. The average molecular weight is 900 g/mol. The number of unbranched alkanes of at least 4 members (excludes halogenated alkanes) is 2. The van der Waals surface area contributed by atoms with Crippen LogP contribution in [0.4, 0.5) is 14.4 Å². The second-order valence-corrected chi connectivity index (χ2v) is 18.0. The van der Waals surface area contributed by atoms with E-state index >= 15 is 0 Å². The van der Waals surface area contributed by atoms with Crippen LogP contribution in [0.3, 0.4) is 0 Å². The summed E-state index contributed by atoms with van der Waals surface area (Å²) in [4.78, 5) is 38.0. The number of ether oxygens (including phenoxy) is 5.